The molecule has 0 aliphatic heterocycles. The zero-order chi connectivity index (χ0) is 17.3. The van der Waals surface area contributed by atoms with E-state index in [-0.39, 0.29) is 11.8 Å². The highest BCUT2D eigenvalue weighted by molar-refractivity contribution is 9.10. The average molecular weight is 389 g/mol. The maximum atomic E-state index is 12.5. The van der Waals surface area contributed by atoms with Gasteiger partial charge in [0.2, 0.25) is 0 Å². The first kappa shape index (κ1) is 16.8. The fourth-order valence-corrected chi connectivity index (χ4v) is 3.59. The summed E-state index contributed by atoms with van der Waals surface area (Å²) in [5, 5.41) is 11.1. The number of hydrogen-bond acceptors (Lipinski definition) is 2. The van der Waals surface area contributed by atoms with Gasteiger partial charge in [-0.25, -0.2) is 0 Å². The van der Waals surface area contributed by atoms with Gasteiger partial charge < -0.3 is 9.88 Å². The monoisotopic (exact) mass is 388 g/mol. The molecule has 126 valence electrons. The van der Waals surface area contributed by atoms with Crippen molar-refractivity contribution < 1.29 is 4.79 Å². The quantitative estimate of drug-likeness (QED) is 0.651. The molecular weight excluding hydrogens is 368 g/mol. The van der Waals surface area contributed by atoms with Gasteiger partial charge in [0.05, 0.1) is 10.2 Å². The number of amides is 1. The van der Waals surface area contributed by atoms with Crippen molar-refractivity contribution in [2.45, 2.75) is 39.7 Å². The van der Waals surface area contributed by atoms with Crippen molar-refractivity contribution in [3.63, 3.8) is 0 Å². The summed E-state index contributed by atoms with van der Waals surface area (Å²) in [5.41, 5.74) is 3.25. The largest absolute Gasteiger partial charge is 0.347 e. The third-order valence-electron chi connectivity index (χ3n) is 4.02. The number of aryl methyl sites for hydroxylation is 1. The van der Waals surface area contributed by atoms with E-state index in [2.05, 4.69) is 69.0 Å². The van der Waals surface area contributed by atoms with Crippen LogP contribution in [-0.2, 0) is 6.54 Å². The number of rotatable bonds is 5. The smallest absolute Gasteiger partial charge is 0.277 e. The van der Waals surface area contributed by atoms with Crippen LogP contribution < -0.4 is 5.32 Å². The van der Waals surface area contributed by atoms with Crippen LogP contribution in [0.25, 0.3) is 10.9 Å². The first-order chi connectivity index (χ1) is 11.5. The van der Waals surface area contributed by atoms with Gasteiger partial charge in [-0.3, -0.25) is 9.89 Å². The number of anilines is 1. The summed E-state index contributed by atoms with van der Waals surface area (Å²) in [5.74, 6) is 0.0421. The number of nitrogens with one attached hydrogen (secondary N) is 2. The molecule has 0 bridgehead atoms. The number of benzene rings is 1. The van der Waals surface area contributed by atoms with Crippen LogP contribution in [0.4, 0.5) is 5.69 Å². The minimum Gasteiger partial charge on any atom is -0.347 e. The number of fused-ring (bicyclic) bond motifs is 1. The summed E-state index contributed by atoms with van der Waals surface area (Å²) in [6, 6.07) is 8.03. The van der Waals surface area contributed by atoms with Crippen molar-refractivity contribution >= 4 is 38.4 Å². The Bertz CT molecular complexity index is 878. The second-order valence-corrected chi connectivity index (χ2v) is 6.98. The lowest BCUT2D eigenvalue weighted by molar-refractivity contribution is 0.102. The van der Waals surface area contributed by atoms with Crippen LogP contribution in [0, 0.1) is 0 Å². The van der Waals surface area contributed by atoms with Crippen molar-refractivity contribution in [1.82, 2.24) is 14.8 Å². The van der Waals surface area contributed by atoms with E-state index >= 15 is 0 Å². The average Bonchev–Trinajstić information content (AvgIpc) is 3.11. The molecule has 0 saturated heterocycles. The maximum Gasteiger partial charge on any atom is 0.277 e. The fraction of sp³-hybridized carbons (Fsp3) is 0.333. The highest BCUT2D eigenvalue weighted by Crippen LogP contribution is 2.27. The van der Waals surface area contributed by atoms with Gasteiger partial charge in [-0.2, -0.15) is 5.10 Å². The van der Waals surface area contributed by atoms with E-state index in [0.29, 0.717) is 5.69 Å². The summed E-state index contributed by atoms with van der Waals surface area (Å²) in [6.07, 6.45) is 3.17. The topological polar surface area (TPSA) is 62.7 Å². The fourth-order valence-electron chi connectivity index (χ4n) is 2.78. The molecule has 0 unspecified atom stereocenters. The summed E-state index contributed by atoms with van der Waals surface area (Å²) >= 11 is 3.47. The summed E-state index contributed by atoms with van der Waals surface area (Å²) in [7, 11) is 0. The Kier molecular flexibility index (Phi) is 4.76. The summed E-state index contributed by atoms with van der Waals surface area (Å²) < 4.78 is 2.95. The minimum atomic E-state index is -0.225. The number of H-pyrrole nitrogens is 1. The van der Waals surface area contributed by atoms with E-state index in [0.717, 1.165) is 34.2 Å². The number of aromatic amines is 1. The molecular formula is C18H21BrN4O. The van der Waals surface area contributed by atoms with Gasteiger partial charge in [-0.15, -0.1) is 0 Å². The van der Waals surface area contributed by atoms with Gasteiger partial charge in [0.25, 0.3) is 5.91 Å². The number of aromatic nitrogens is 3. The third-order valence-corrected chi connectivity index (χ3v) is 4.82. The SMILES string of the molecule is CCCn1ccc2cc(NC(=O)c3n[nH]c(C(C)C)c3Br)ccc21. The number of nitrogens with zero attached hydrogens (tertiary/aromatic N) is 2. The van der Waals surface area contributed by atoms with Crippen LogP contribution in [0.3, 0.4) is 0 Å². The summed E-state index contributed by atoms with van der Waals surface area (Å²) in [6.45, 7) is 7.25. The Labute approximate surface area is 149 Å². The van der Waals surface area contributed by atoms with Crippen LogP contribution in [0.5, 0.6) is 0 Å². The number of halogens is 1. The maximum absolute atomic E-state index is 12.5. The number of carbonyl (C=O) groups is 1. The molecule has 0 spiro atoms. The zero-order valence-corrected chi connectivity index (χ0v) is 15.6. The first-order valence-electron chi connectivity index (χ1n) is 8.15. The predicted octanol–water partition coefficient (Wildman–Crippen LogP) is 4.91. The Balaban J connectivity index is 1.83. The van der Waals surface area contributed by atoms with Crippen molar-refractivity contribution in [1.29, 1.82) is 0 Å². The van der Waals surface area contributed by atoms with Crippen molar-refractivity contribution in [3.8, 4) is 0 Å². The van der Waals surface area contributed by atoms with E-state index in [9.17, 15) is 4.79 Å². The molecule has 1 amide bonds. The lowest BCUT2D eigenvalue weighted by Gasteiger charge is -2.06. The lowest BCUT2D eigenvalue weighted by Crippen LogP contribution is -2.13. The molecule has 2 aromatic heterocycles. The second-order valence-electron chi connectivity index (χ2n) is 6.19. The first-order valence-corrected chi connectivity index (χ1v) is 8.94. The molecule has 0 fully saturated rings. The molecule has 5 nitrogen and oxygen atoms in total. The van der Waals surface area contributed by atoms with Crippen molar-refractivity contribution in [3.05, 3.63) is 46.3 Å². The number of hydrogen-bond donors (Lipinski definition) is 2. The molecule has 3 rings (SSSR count). The van der Waals surface area contributed by atoms with Crippen LogP contribution in [0.15, 0.2) is 34.9 Å². The molecule has 24 heavy (non-hydrogen) atoms. The van der Waals surface area contributed by atoms with E-state index in [1.54, 1.807) is 0 Å². The van der Waals surface area contributed by atoms with Crippen LogP contribution in [0.2, 0.25) is 0 Å². The third kappa shape index (κ3) is 3.11. The van der Waals surface area contributed by atoms with E-state index < -0.39 is 0 Å². The van der Waals surface area contributed by atoms with Gasteiger partial charge in [0.15, 0.2) is 5.69 Å². The molecule has 2 N–H and O–H groups in total. The molecule has 1 aromatic carbocycles. The van der Waals surface area contributed by atoms with Crippen LogP contribution in [0.1, 0.15) is 49.3 Å². The minimum absolute atomic E-state index is 0.225. The second kappa shape index (κ2) is 6.81. The molecule has 3 aromatic rings. The molecule has 6 heteroatoms. The van der Waals surface area contributed by atoms with Gasteiger partial charge in [-0.05, 0) is 52.5 Å². The number of carbonyl (C=O) groups excluding carboxylic acids is 1. The van der Waals surface area contributed by atoms with Gasteiger partial charge in [0.1, 0.15) is 0 Å². The van der Waals surface area contributed by atoms with E-state index in [4.69, 9.17) is 0 Å². The molecule has 0 radical (unpaired) electrons. The zero-order valence-electron chi connectivity index (χ0n) is 14.1. The Morgan fingerprint density at radius 2 is 2.17 bits per heavy atom. The Morgan fingerprint density at radius 3 is 2.83 bits per heavy atom. The summed E-state index contributed by atoms with van der Waals surface area (Å²) in [4.78, 5) is 12.5. The normalized spacial score (nSPS) is 11.4. The van der Waals surface area contributed by atoms with Crippen molar-refractivity contribution in [2.24, 2.45) is 0 Å². The molecule has 0 atom stereocenters. The van der Waals surface area contributed by atoms with Crippen LogP contribution >= 0.6 is 15.9 Å². The Hall–Kier alpha value is -2.08. The van der Waals surface area contributed by atoms with E-state index in [1.807, 2.05) is 18.2 Å². The highest BCUT2D eigenvalue weighted by Gasteiger charge is 2.19. The Morgan fingerprint density at radius 1 is 1.38 bits per heavy atom. The molecule has 0 saturated carbocycles. The van der Waals surface area contributed by atoms with Gasteiger partial charge in [-0.1, -0.05) is 20.8 Å². The molecule has 2 heterocycles. The van der Waals surface area contributed by atoms with Crippen LogP contribution in [-0.4, -0.2) is 20.7 Å². The van der Waals surface area contributed by atoms with Gasteiger partial charge in [0, 0.05) is 29.3 Å². The van der Waals surface area contributed by atoms with E-state index in [1.165, 1.54) is 5.52 Å². The standard InChI is InChI=1S/C18H21BrN4O/c1-4-8-23-9-7-12-10-13(5-6-14(12)23)20-18(24)17-15(19)16(11(2)3)21-22-17/h5-7,9-11H,4,8H2,1-3H3,(H,20,24)(H,21,22). The van der Waals surface area contributed by atoms with Gasteiger partial charge >= 0.3 is 0 Å². The highest BCUT2D eigenvalue weighted by atomic mass is 79.9. The lowest BCUT2D eigenvalue weighted by atomic mass is 10.1. The van der Waals surface area contributed by atoms with Crippen molar-refractivity contribution in [2.75, 3.05) is 5.32 Å². The molecule has 0 aliphatic rings. The predicted molar refractivity (Wildman–Crippen MR) is 101 cm³/mol. The molecule has 0 aliphatic carbocycles.